The molecule has 2 heterocycles. The van der Waals surface area contributed by atoms with E-state index in [2.05, 4.69) is 69.7 Å². The van der Waals surface area contributed by atoms with E-state index in [1.165, 1.54) is 5.56 Å². The first-order chi connectivity index (χ1) is 23.5. The Morgan fingerprint density at radius 2 is 1.52 bits per heavy atom. The van der Waals surface area contributed by atoms with E-state index in [-0.39, 0.29) is 42.3 Å². The molecule has 8 nitrogen and oxygen atoms in total. The lowest BCUT2D eigenvalue weighted by molar-refractivity contribution is -0.134. The van der Waals surface area contributed by atoms with Gasteiger partial charge in [-0.05, 0) is 55.7 Å². The molecule has 2 amide bonds. The molecule has 0 aromatic heterocycles. The van der Waals surface area contributed by atoms with Gasteiger partial charge in [-0.15, -0.1) is 0 Å². The number of rotatable bonds is 13. The van der Waals surface area contributed by atoms with Crippen LogP contribution in [0.5, 0.6) is 5.75 Å². The molecular formula is C40H52N4O4. The van der Waals surface area contributed by atoms with Crippen molar-refractivity contribution in [3.63, 3.8) is 0 Å². The number of benzene rings is 3. The molecule has 0 spiro atoms. The largest absolute Gasteiger partial charge is 0.489 e. The third-order valence-corrected chi connectivity index (χ3v) is 10.7. The van der Waals surface area contributed by atoms with Gasteiger partial charge >= 0.3 is 0 Å². The van der Waals surface area contributed by atoms with Gasteiger partial charge in [-0.1, -0.05) is 78.9 Å². The van der Waals surface area contributed by atoms with E-state index in [0.717, 1.165) is 101 Å². The van der Waals surface area contributed by atoms with Crippen molar-refractivity contribution in [3.05, 3.63) is 102 Å². The first-order valence-electron chi connectivity index (χ1n) is 17.9. The Kier molecular flexibility index (Phi) is 11.8. The Balaban J connectivity index is 0.934. The molecule has 2 saturated heterocycles. The molecule has 256 valence electrons. The molecule has 1 aliphatic carbocycles. The van der Waals surface area contributed by atoms with Gasteiger partial charge in [-0.3, -0.25) is 19.4 Å². The lowest BCUT2D eigenvalue weighted by Crippen LogP contribution is -2.58. The number of morpholine rings is 1. The van der Waals surface area contributed by atoms with E-state index in [1.54, 1.807) is 0 Å². The van der Waals surface area contributed by atoms with Crippen LogP contribution < -0.4 is 10.1 Å². The van der Waals surface area contributed by atoms with Gasteiger partial charge in [-0.25, -0.2) is 0 Å². The van der Waals surface area contributed by atoms with Crippen LogP contribution in [-0.4, -0.2) is 90.6 Å². The molecule has 1 unspecified atom stereocenters. The Morgan fingerprint density at radius 3 is 2.25 bits per heavy atom. The van der Waals surface area contributed by atoms with Crippen molar-refractivity contribution in [3.8, 4) is 5.75 Å². The zero-order chi connectivity index (χ0) is 33.2. The fraction of sp³-hybridized carbons (Fsp3) is 0.500. The monoisotopic (exact) mass is 652 g/mol. The molecular weight excluding hydrogens is 600 g/mol. The predicted octanol–water partition coefficient (Wildman–Crippen LogP) is 5.45. The van der Waals surface area contributed by atoms with Gasteiger partial charge in [0.2, 0.25) is 11.8 Å². The van der Waals surface area contributed by atoms with E-state index < -0.39 is 0 Å². The maximum absolute atomic E-state index is 13.2. The number of nitrogens with zero attached hydrogens (tertiary/aromatic N) is 3. The molecule has 0 radical (unpaired) electrons. The smallest absolute Gasteiger partial charge is 0.223 e. The summed E-state index contributed by atoms with van der Waals surface area (Å²) in [6, 6.07) is 29.5. The molecule has 8 heteroatoms. The first kappa shape index (κ1) is 34.2. The predicted molar refractivity (Wildman–Crippen MR) is 189 cm³/mol. The summed E-state index contributed by atoms with van der Waals surface area (Å²) in [6.07, 6.45) is 6.46. The fourth-order valence-electron chi connectivity index (χ4n) is 7.84. The average molecular weight is 653 g/mol. The summed E-state index contributed by atoms with van der Waals surface area (Å²) in [7, 11) is 1.89. The van der Waals surface area contributed by atoms with E-state index in [4.69, 9.17) is 9.47 Å². The van der Waals surface area contributed by atoms with Crippen molar-refractivity contribution < 1.29 is 19.1 Å². The zero-order valence-corrected chi connectivity index (χ0v) is 28.5. The minimum Gasteiger partial charge on any atom is -0.489 e. The third kappa shape index (κ3) is 9.04. The zero-order valence-electron chi connectivity index (χ0n) is 28.5. The number of likely N-dealkylation sites (tertiary alicyclic amines) is 1. The van der Waals surface area contributed by atoms with Crippen molar-refractivity contribution in [1.29, 1.82) is 0 Å². The van der Waals surface area contributed by atoms with Crippen molar-refractivity contribution in [2.24, 2.45) is 0 Å². The lowest BCUT2D eigenvalue weighted by Gasteiger charge is -2.50. The second-order valence-electron chi connectivity index (χ2n) is 13.9. The molecule has 1 saturated carbocycles. The summed E-state index contributed by atoms with van der Waals surface area (Å²) < 4.78 is 11.9. The van der Waals surface area contributed by atoms with Crippen LogP contribution in [0.15, 0.2) is 84.9 Å². The van der Waals surface area contributed by atoms with Gasteiger partial charge in [0.15, 0.2) is 0 Å². The number of hydrogen-bond acceptors (Lipinski definition) is 6. The van der Waals surface area contributed by atoms with Crippen LogP contribution in [0.25, 0.3) is 0 Å². The van der Waals surface area contributed by atoms with Gasteiger partial charge in [0.1, 0.15) is 12.4 Å². The third-order valence-electron chi connectivity index (χ3n) is 10.7. The number of para-hydroxylation sites is 1. The number of carbonyl (C=O) groups excluding carboxylic acids is 2. The fourth-order valence-corrected chi connectivity index (χ4v) is 7.84. The standard InChI is InChI=1S/C40H52N4O4/c1-42(36-20-23-43(30-36)29-34-14-8-9-15-37(34)48-31-33-12-6-3-7-13-33)39(46)17-16-38(45)41-35-18-21-40(22-19-35,44-24-26-47-27-25-44)28-32-10-4-2-5-11-32/h2-15,35-36H,16-31H2,1H3,(H,41,45). The average Bonchev–Trinajstić information content (AvgIpc) is 3.60. The highest BCUT2D eigenvalue weighted by atomic mass is 16.5. The lowest BCUT2D eigenvalue weighted by atomic mass is 9.74. The van der Waals surface area contributed by atoms with Crippen molar-refractivity contribution in [2.75, 3.05) is 46.4 Å². The van der Waals surface area contributed by atoms with Gasteiger partial charge in [-0.2, -0.15) is 0 Å². The number of likely N-dealkylation sites (N-methyl/N-ethyl adjacent to an activating group) is 1. The summed E-state index contributed by atoms with van der Waals surface area (Å²) in [5.74, 6) is 0.937. The quantitative estimate of drug-likeness (QED) is 0.265. The molecule has 1 atom stereocenters. The summed E-state index contributed by atoms with van der Waals surface area (Å²) in [5.41, 5.74) is 3.78. The molecule has 3 fully saturated rings. The topological polar surface area (TPSA) is 74.4 Å². The van der Waals surface area contributed by atoms with Gasteiger partial charge in [0, 0.05) is 75.8 Å². The van der Waals surface area contributed by atoms with Crippen LogP contribution in [0.4, 0.5) is 0 Å². The molecule has 3 aromatic carbocycles. The molecule has 1 N–H and O–H groups in total. The summed E-state index contributed by atoms with van der Waals surface area (Å²) >= 11 is 0. The summed E-state index contributed by atoms with van der Waals surface area (Å²) in [6.45, 7) is 6.57. The highest BCUT2D eigenvalue weighted by Gasteiger charge is 2.41. The van der Waals surface area contributed by atoms with E-state index in [9.17, 15) is 9.59 Å². The Labute approximate surface area is 286 Å². The summed E-state index contributed by atoms with van der Waals surface area (Å²) in [4.78, 5) is 33.1. The van der Waals surface area contributed by atoms with Crippen molar-refractivity contribution in [1.82, 2.24) is 20.0 Å². The van der Waals surface area contributed by atoms with Crippen molar-refractivity contribution in [2.45, 2.75) is 82.1 Å². The molecule has 0 bridgehead atoms. The van der Waals surface area contributed by atoms with Gasteiger partial charge in [0.05, 0.1) is 13.2 Å². The van der Waals surface area contributed by atoms with Crippen LogP contribution in [0.3, 0.4) is 0 Å². The number of carbonyl (C=O) groups is 2. The maximum atomic E-state index is 13.2. The molecule has 3 aromatic rings. The molecule has 6 rings (SSSR count). The minimum atomic E-state index is -0.0103. The highest BCUT2D eigenvalue weighted by molar-refractivity contribution is 5.84. The second kappa shape index (κ2) is 16.6. The number of nitrogens with one attached hydrogen (secondary N) is 1. The Hall–Kier alpha value is -3.72. The highest BCUT2D eigenvalue weighted by Crippen LogP contribution is 2.37. The molecule has 3 aliphatic rings. The van der Waals surface area contributed by atoms with Gasteiger partial charge in [0.25, 0.3) is 0 Å². The Morgan fingerprint density at radius 1 is 0.854 bits per heavy atom. The number of amides is 2. The van der Waals surface area contributed by atoms with Crippen LogP contribution in [0.2, 0.25) is 0 Å². The first-order valence-corrected chi connectivity index (χ1v) is 17.9. The van der Waals surface area contributed by atoms with E-state index in [0.29, 0.717) is 6.61 Å². The second-order valence-corrected chi connectivity index (χ2v) is 13.9. The molecule has 48 heavy (non-hydrogen) atoms. The van der Waals surface area contributed by atoms with Crippen LogP contribution in [0.1, 0.15) is 61.6 Å². The van der Waals surface area contributed by atoms with Crippen molar-refractivity contribution >= 4 is 11.8 Å². The van der Waals surface area contributed by atoms with E-state index in [1.807, 2.05) is 42.3 Å². The minimum absolute atomic E-state index is 0.0103. The maximum Gasteiger partial charge on any atom is 0.223 e. The van der Waals surface area contributed by atoms with Gasteiger partial charge < -0.3 is 19.7 Å². The Bertz CT molecular complexity index is 1450. The SMILES string of the molecule is CN(C(=O)CCC(=O)NC1CCC(Cc2ccccc2)(N2CCOCC2)CC1)C1CCN(Cc2ccccc2OCc2ccccc2)C1. The number of ether oxygens (including phenoxy) is 2. The van der Waals surface area contributed by atoms with Crippen LogP contribution in [-0.2, 0) is 33.9 Å². The molecule has 2 aliphatic heterocycles. The van der Waals surface area contributed by atoms with E-state index >= 15 is 0 Å². The van der Waals surface area contributed by atoms with Crippen LogP contribution in [0, 0.1) is 0 Å². The number of hydrogen-bond donors (Lipinski definition) is 1. The van der Waals surface area contributed by atoms with Crippen LogP contribution >= 0.6 is 0 Å². The summed E-state index contributed by atoms with van der Waals surface area (Å²) in [5, 5.41) is 3.27. The normalized spacial score (nSPS) is 23.4.